The van der Waals surface area contributed by atoms with Gasteiger partial charge in [0.15, 0.2) is 0 Å². The summed E-state index contributed by atoms with van der Waals surface area (Å²) in [5, 5.41) is 5.61. The molecule has 0 aromatic carbocycles. The maximum atomic E-state index is 12.2. The highest BCUT2D eigenvalue weighted by Gasteiger charge is 2.17. The Kier molecular flexibility index (Phi) is 4.69. The Morgan fingerprint density at radius 3 is 2.80 bits per heavy atom. The molecule has 0 fully saturated rings. The number of pyridine rings is 1. The Labute approximate surface area is 122 Å². The first-order chi connectivity index (χ1) is 9.53. The number of hydrogen-bond acceptors (Lipinski definition) is 6. The lowest BCUT2D eigenvalue weighted by Crippen LogP contribution is -2.27. The van der Waals surface area contributed by atoms with Crippen molar-refractivity contribution in [3.8, 4) is 0 Å². The third-order valence-corrected chi connectivity index (χ3v) is 5.18. The molecule has 0 aliphatic heterocycles. The van der Waals surface area contributed by atoms with Gasteiger partial charge in [0.25, 0.3) is 0 Å². The fraction of sp³-hybridized carbons (Fsp3) is 0.333. The van der Waals surface area contributed by atoms with Crippen molar-refractivity contribution in [3.63, 3.8) is 0 Å². The molecule has 20 heavy (non-hydrogen) atoms. The normalized spacial score (nSPS) is 13.1. The van der Waals surface area contributed by atoms with Crippen LogP contribution in [0.5, 0.6) is 0 Å². The molecule has 0 radical (unpaired) electrons. The minimum Gasteiger partial charge on any atom is -0.373 e. The minimum atomic E-state index is -3.53. The van der Waals surface area contributed by atoms with Gasteiger partial charge in [-0.3, -0.25) is 0 Å². The highest BCUT2D eigenvalue weighted by Crippen LogP contribution is 2.18. The molecule has 0 aliphatic carbocycles. The van der Waals surface area contributed by atoms with Gasteiger partial charge < -0.3 is 5.32 Å². The van der Waals surface area contributed by atoms with E-state index in [2.05, 4.69) is 20.0 Å². The third kappa shape index (κ3) is 3.53. The van der Waals surface area contributed by atoms with Gasteiger partial charge in [0.1, 0.15) is 5.82 Å². The van der Waals surface area contributed by atoms with E-state index in [9.17, 15) is 8.42 Å². The molecule has 1 unspecified atom stereocenters. The summed E-state index contributed by atoms with van der Waals surface area (Å²) in [6.07, 6.45) is 3.18. The molecule has 2 aromatic heterocycles. The van der Waals surface area contributed by atoms with Gasteiger partial charge in [-0.25, -0.2) is 23.1 Å². The number of aromatic nitrogens is 2. The largest absolute Gasteiger partial charge is 0.373 e. The molecule has 0 amide bonds. The second kappa shape index (κ2) is 6.29. The van der Waals surface area contributed by atoms with Gasteiger partial charge in [-0.1, -0.05) is 6.92 Å². The van der Waals surface area contributed by atoms with Crippen LogP contribution in [0.1, 0.15) is 17.8 Å². The second-order valence-electron chi connectivity index (χ2n) is 4.25. The first kappa shape index (κ1) is 14.9. The molecule has 108 valence electrons. The lowest BCUT2D eigenvalue weighted by Gasteiger charge is -2.11. The lowest BCUT2D eigenvalue weighted by molar-refractivity contribution is 0.574. The predicted octanol–water partition coefficient (Wildman–Crippen LogP) is 1.66. The highest BCUT2D eigenvalue weighted by atomic mass is 32.2. The highest BCUT2D eigenvalue weighted by molar-refractivity contribution is 7.89. The molecule has 0 bridgehead atoms. The first-order valence-electron chi connectivity index (χ1n) is 6.06. The topological polar surface area (TPSA) is 84.0 Å². The van der Waals surface area contributed by atoms with Gasteiger partial charge in [-0.15, -0.1) is 11.3 Å². The zero-order valence-corrected chi connectivity index (χ0v) is 12.8. The van der Waals surface area contributed by atoms with Gasteiger partial charge in [-0.2, -0.15) is 0 Å². The van der Waals surface area contributed by atoms with Crippen LogP contribution in [0.3, 0.4) is 0 Å². The Morgan fingerprint density at radius 1 is 1.35 bits per heavy atom. The van der Waals surface area contributed by atoms with Crippen LogP contribution in [0.4, 0.5) is 5.82 Å². The summed E-state index contributed by atoms with van der Waals surface area (Å²) in [4.78, 5) is 8.37. The zero-order chi connectivity index (χ0) is 14.6. The molecule has 0 saturated heterocycles. The number of rotatable bonds is 6. The summed E-state index contributed by atoms with van der Waals surface area (Å²) >= 11 is 1.52. The third-order valence-electron chi connectivity index (χ3n) is 2.75. The van der Waals surface area contributed by atoms with E-state index in [4.69, 9.17) is 0 Å². The maximum absolute atomic E-state index is 12.2. The predicted molar refractivity (Wildman–Crippen MR) is 79.5 cm³/mol. The van der Waals surface area contributed by atoms with Gasteiger partial charge in [0, 0.05) is 43.4 Å². The quantitative estimate of drug-likeness (QED) is 0.847. The van der Waals surface area contributed by atoms with E-state index >= 15 is 0 Å². The summed E-state index contributed by atoms with van der Waals surface area (Å²) < 4.78 is 27.0. The van der Waals surface area contributed by atoms with Crippen molar-refractivity contribution >= 4 is 27.2 Å². The molecule has 8 heteroatoms. The van der Waals surface area contributed by atoms with E-state index < -0.39 is 10.0 Å². The van der Waals surface area contributed by atoms with Crippen LogP contribution in [0, 0.1) is 0 Å². The van der Waals surface area contributed by atoms with Crippen LogP contribution in [0.25, 0.3) is 0 Å². The number of hydrogen-bond donors (Lipinski definition) is 2. The van der Waals surface area contributed by atoms with Crippen molar-refractivity contribution < 1.29 is 8.42 Å². The molecule has 1 atom stereocenters. The van der Waals surface area contributed by atoms with E-state index in [1.165, 1.54) is 29.7 Å². The van der Waals surface area contributed by atoms with Gasteiger partial charge in [-0.05, 0) is 6.07 Å². The lowest BCUT2D eigenvalue weighted by atomic mass is 10.2. The van der Waals surface area contributed by atoms with Crippen LogP contribution in [-0.2, 0) is 10.0 Å². The monoisotopic (exact) mass is 312 g/mol. The van der Waals surface area contributed by atoms with Crippen molar-refractivity contribution in [2.75, 3.05) is 18.9 Å². The molecule has 6 nitrogen and oxygen atoms in total. The number of anilines is 1. The number of thiazole rings is 1. The van der Waals surface area contributed by atoms with Crippen molar-refractivity contribution in [1.29, 1.82) is 0 Å². The average molecular weight is 312 g/mol. The molecule has 2 N–H and O–H groups in total. The molecule has 0 aliphatic rings. The molecule has 0 saturated carbocycles. The van der Waals surface area contributed by atoms with E-state index in [0.717, 1.165) is 5.01 Å². The molecule has 2 aromatic rings. The number of nitrogens with zero attached hydrogens (tertiary/aromatic N) is 2. The molecular formula is C12H16N4O2S2. The average Bonchev–Trinajstić information content (AvgIpc) is 2.99. The van der Waals surface area contributed by atoms with Crippen LogP contribution in [0.15, 0.2) is 34.8 Å². The Balaban J connectivity index is 2.07. The summed E-state index contributed by atoms with van der Waals surface area (Å²) in [7, 11) is -1.84. The van der Waals surface area contributed by atoms with Gasteiger partial charge >= 0.3 is 0 Å². The molecule has 2 rings (SSSR count). The number of nitrogens with one attached hydrogen (secondary N) is 2. The molecular weight excluding hydrogens is 296 g/mol. The summed E-state index contributed by atoms with van der Waals surface area (Å²) in [5.41, 5.74) is 0. The SMILES string of the molecule is CNc1cc(S(=O)(=O)NCC(C)c2nccs2)ccn1. The zero-order valence-electron chi connectivity index (χ0n) is 11.2. The van der Waals surface area contributed by atoms with Crippen molar-refractivity contribution in [2.45, 2.75) is 17.7 Å². The second-order valence-corrected chi connectivity index (χ2v) is 6.94. The number of sulfonamides is 1. The van der Waals surface area contributed by atoms with E-state index in [1.807, 2.05) is 12.3 Å². The van der Waals surface area contributed by atoms with Crippen molar-refractivity contribution in [2.24, 2.45) is 0 Å². The van der Waals surface area contributed by atoms with E-state index in [-0.39, 0.29) is 10.8 Å². The van der Waals surface area contributed by atoms with Crippen LogP contribution >= 0.6 is 11.3 Å². The molecule has 2 heterocycles. The molecule has 0 spiro atoms. The minimum absolute atomic E-state index is 0.0374. The fourth-order valence-electron chi connectivity index (χ4n) is 1.60. The smallest absolute Gasteiger partial charge is 0.240 e. The fourth-order valence-corrected chi connectivity index (χ4v) is 3.44. The summed E-state index contributed by atoms with van der Waals surface area (Å²) in [6.45, 7) is 2.25. The van der Waals surface area contributed by atoms with Gasteiger partial charge in [0.05, 0.1) is 9.90 Å². The van der Waals surface area contributed by atoms with E-state index in [1.54, 1.807) is 13.2 Å². The Morgan fingerprint density at radius 2 is 2.15 bits per heavy atom. The standard InChI is InChI=1S/C12H16N4O2S2/c1-9(12-15-5-6-19-12)8-16-20(17,18)10-3-4-14-11(7-10)13-2/h3-7,9,16H,8H2,1-2H3,(H,13,14). The Hall–Kier alpha value is -1.51. The summed E-state index contributed by atoms with van der Waals surface area (Å²) in [6, 6.07) is 2.97. The first-order valence-corrected chi connectivity index (χ1v) is 8.42. The van der Waals surface area contributed by atoms with Gasteiger partial charge in [0.2, 0.25) is 10.0 Å². The van der Waals surface area contributed by atoms with Crippen LogP contribution in [-0.4, -0.2) is 32.0 Å². The Bertz CT molecular complexity index is 656. The van der Waals surface area contributed by atoms with Crippen LogP contribution in [0.2, 0.25) is 0 Å². The van der Waals surface area contributed by atoms with Crippen molar-refractivity contribution in [3.05, 3.63) is 34.9 Å². The van der Waals surface area contributed by atoms with Crippen molar-refractivity contribution in [1.82, 2.24) is 14.7 Å². The van der Waals surface area contributed by atoms with E-state index in [0.29, 0.717) is 12.4 Å². The summed E-state index contributed by atoms with van der Waals surface area (Å²) in [5.74, 6) is 0.552. The van der Waals surface area contributed by atoms with Crippen LogP contribution < -0.4 is 10.0 Å². The maximum Gasteiger partial charge on any atom is 0.240 e.